The number of benzene rings is 2. The minimum atomic E-state index is -0.0407. The first-order valence-corrected chi connectivity index (χ1v) is 11.4. The summed E-state index contributed by atoms with van der Waals surface area (Å²) < 4.78 is 5.99. The number of nitrogens with zero attached hydrogens (tertiary/aromatic N) is 3. The molecule has 4 rings (SSSR count). The van der Waals surface area contributed by atoms with Gasteiger partial charge in [-0.1, -0.05) is 56.7 Å². The molecule has 0 bridgehead atoms. The monoisotopic (exact) mass is 431 g/mol. The van der Waals surface area contributed by atoms with E-state index in [0.29, 0.717) is 13.1 Å². The van der Waals surface area contributed by atoms with Crippen LogP contribution in [0.25, 0.3) is 10.9 Å². The van der Waals surface area contributed by atoms with Crippen molar-refractivity contribution in [1.29, 1.82) is 0 Å². The van der Waals surface area contributed by atoms with Crippen molar-refractivity contribution in [3.8, 4) is 5.75 Å². The summed E-state index contributed by atoms with van der Waals surface area (Å²) >= 11 is 0. The second kappa shape index (κ2) is 8.81. The first kappa shape index (κ1) is 22.1. The standard InChI is InChI=1S/C27H33N3O2/c1-19-10-11-24(22(16-19)27(3,4)5)32-18-26(31)30-14-12-29(13-15-30)25-17-20(2)21-8-6-7-9-23(21)28-25/h6-11,16-17H,12-15,18H2,1-5H3. The topological polar surface area (TPSA) is 45.7 Å². The van der Waals surface area contributed by atoms with E-state index >= 15 is 0 Å². The molecule has 32 heavy (non-hydrogen) atoms. The number of rotatable bonds is 4. The van der Waals surface area contributed by atoms with Crippen LogP contribution in [0.15, 0.2) is 48.5 Å². The van der Waals surface area contributed by atoms with E-state index in [1.165, 1.54) is 16.5 Å². The molecule has 0 radical (unpaired) electrons. The molecule has 0 unspecified atom stereocenters. The van der Waals surface area contributed by atoms with E-state index in [0.717, 1.165) is 35.7 Å². The molecule has 1 saturated heterocycles. The van der Waals surface area contributed by atoms with E-state index in [4.69, 9.17) is 9.72 Å². The molecule has 168 valence electrons. The molecule has 1 fully saturated rings. The first-order chi connectivity index (χ1) is 15.2. The van der Waals surface area contributed by atoms with Crippen molar-refractivity contribution in [3.05, 3.63) is 65.2 Å². The van der Waals surface area contributed by atoms with Crippen molar-refractivity contribution in [1.82, 2.24) is 9.88 Å². The summed E-state index contributed by atoms with van der Waals surface area (Å²) in [4.78, 5) is 21.8. The summed E-state index contributed by atoms with van der Waals surface area (Å²) in [5.41, 5.74) is 4.53. The summed E-state index contributed by atoms with van der Waals surface area (Å²) in [5.74, 6) is 1.82. The fraction of sp³-hybridized carbons (Fsp3) is 0.407. The lowest BCUT2D eigenvalue weighted by Gasteiger charge is -2.35. The number of carbonyl (C=O) groups excluding carboxylic acids is 1. The highest BCUT2D eigenvalue weighted by atomic mass is 16.5. The van der Waals surface area contributed by atoms with E-state index in [9.17, 15) is 4.79 Å². The third kappa shape index (κ3) is 4.72. The summed E-state index contributed by atoms with van der Waals surface area (Å²) in [6.45, 7) is 13.7. The van der Waals surface area contributed by atoms with Crippen LogP contribution in [0.5, 0.6) is 5.75 Å². The van der Waals surface area contributed by atoms with Crippen molar-refractivity contribution >= 4 is 22.6 Å². The van der Waals surface area contributed by atoms with Gasteiger partial charge in [0.25, 0.3) is 5.91 Å². The quantitative estimate of drug-likeness (QED) is 0.591. The molecule has 0 saturated carbocycles. The van der Waals surface area contributed by atoms with E-state index in [2.05, 4.69) is 63.8 Å². The third-order valence-electron chi connectivity index (χ3n) is 6.16. The zero-order valence-electron chi connectivity index (χ0n) is 19.8. The Morgan fingerprint density at radius 2 is 1.72 bits per heavy atom. The number of hydrogen-bond acceptors (Lipinski definition) is 4. The van der Waals surface area contributed by atoms with Gasteiger partial charge < -0.3 is 14.5 Å². The van der Waals surface area contributed by atoms with Crippen LogP contribution in [0.3, 0.4) is 0 Å². The predicted molar refractivity (Wildman–Crippen MR) is 131 cm³/mol. The maximum absolute atomic E-state index is 12.8. The smallest absolute Gasteiger partial charge is 0.260 e. The highest BCUT2D eigenvalue weighted by Crippen LogP contribution is 2.32. The highest BCUT2D eigenvalue weighted by Gasteiger charge is 2.24. The van der Waals surface area contributed by atoms with Crippen LogP contribution in [0.2, 0.25) is 0 Å². The van der Waals surface area contributed by atoms with Gasteiger partial charge in [0.2, 0.25) is 0 Å². The zero-order valence-corrected chi connectivity index (χ0v) is 19.8. The van der Waals surface area contributed by atoms with Crippen LogP contribution in [-0.2, 0) is 10.2 Å². The summed E-state index contributed by atoms with van der Waals surface area (Å²) in [6, 6.07) is 16.5. The molecule has 5 nitrogen and oxygen atoms in total. The van der Waals surface area contributed by atoms with Crippen LogP contribution in [0, 0.1) is 13.8 Å². The van der Waals surface area contributed by atoms with Crippen LogP contribution in [-0.4, -0.2) is 48.6 Å². The van der Waals surface area contributed by atoms with Gasteiger partial charge in [-0.25, -0.2) is 4.98 Å². The van der Waals surface area contributed by atoms with Gasteiger partial charge in [-0.3, -0.25) is 4.79 Å². The number of aryl methyl sites for hydroxylation is 2. The number of amides is 1. The van der Waals surface area contributed by atoms with Gasteiger partial charge >= 0.3 is 0 Å². The average Bonchev–Trinajstić information content (AvgIpc) is 2.77. The molecule has 3 aromatic rings. The molecule has 1 aliphatic rings. The number of hydrogen-bond donors (Lipinski definition) is 0. The van der Waals surface area contributed by atoms with Gasteiger partial charge in [0.05, 0.1) is 5.52 Å². The fourth-order valence-electron chi connectivity index (χ4n) is 4.27. The third-order valence-corrected chi connectivity index (χ3v) is 6.16. The minimum absolute atomic E-state index is 0.0349. The molecule has 5 heteroatoms. The number of fused-ring (bicyclic) bond motifs is 1. The molecule has 0 atom stereocenters. The maximum Gasteiger partial charge on any atom is 0.260 e. The Labute approximate surface area is 191 Å². The number of anilines is 1. The lowest BCUT2D eigenvalue weighted by atomic mass is 9.85. The number of ether oxygens (including phenoxy) is 1. The SMILES string of the molecule is Cc1ccc(OCC(=O)N2CCN(c3cc(C)c4ccccc4n3)CC2)c(C(C)(C)C)c1. The van der Waals surface area contributed by atoms with Crippen LogP contribution >= 0.6 is 0 Å². The molecular weight excluding hydrogens is 398 g/mol. The Hall–Kier alpha value is -3.08. The van der Waals surface area contributed by atoms with Gasteiger partial charge in [-0.15, -0.1) is 0 Å². The summed E-state index contributed by atoms with van der Waals surface area (Å²) in [7, 11) is 0. The summed E-state index contributed by atoms with van der Waals surface area (Å²) in [6.07, 6.45) is 0. The fourth-order valence-corrected chi connectivity index (χ4v) is 4.27. The van der Waals surface area contributed by atoms with Crippen molar-refractivity contribution in [2.24, 2.45) is 0 Å². The largest absolute Gasteiger partial charge is 0.483 e. The Bertz CT molecular complexity index is 1130. The van der Waals surface area contributed by atoms with Crippen LogP contribution in [0.1, 0.15) is 37.5 Å². The second-order valence-electron chi connectivity index (χ2n) is 9.72. The lowest BCUT2D eigenvalue weighted by molar-refractivity contribution is -0.133. The molecule has 0 N–H and O–H groups in total. The zero-order chi connectivity index (χ0) is 22.9. The van der Waals surface area contributed by atoms with Crippen LogP contribution in [0.4, 0.5) is 5.82 Å². The lowest BCUT2D eigenvalue weighted by Crippen LogP contribution is -2.50. The number of piperazine rings is 1. The molecule has 2 aromatic carbocycles. The molecular formula is C27H33N3O2. The van der Waals surface area contributed by atoms with Gasteiger partial charge in [-0.05, 0) is 48.6 Å². The number of aromatic nitrogens is 1. The minimum Gasteiger partial charge on any atom is -0.483 e. The Morgan fingerprint density at radius 1 is 1.00 bits per heavy atom. The number of carbonyl (C=O) groups is 1. The van der Waals surface area contributed by atoms with E-state index in [1.807, 2.05) is 29.2 Å². The van der Waals surface area contributed by atoms with Gasteiger partial charge in [0.15, 0.2) is 6.61 Å². The van der Waals surface area contributed by atoms with E-state index in [1.54, 1.807) is 0 Å². The Kier molecular flexibility index (Phi) is 6.09. The molecule has 1 aromatic heterocycles. The normalized spacial score (nSPS) is 14.7. The van der Waals surface area contributed by atoms with Crippen molar-refractivity contribution in [3.63, 3.8) is 0 Å². The van der Waals surface area contributed by atoms with Gasteiger partial charge in [0.1, 0.15) is 11.6 Å². The molecule has 2 heterocycles. The average molecular weight is 432 g/mol. The van der Waals surface area contributed by atoms with E-state index < -0.39 is 0 Å². The van der Waals surface area contributed by atoms with Crippen molar-refractivity contribution < 1.29 is 9.53 Å². The number of para-hydroxylation sites is 1. The van der Waals surface area contributed by atoms with Crippen molar-refractivity contribution in [2.75, 3.05) is 37.7 Å². The highest BCUT2D eigenvalue weighted by molar-refractivity contribution is 5.84. The number of pyridine rings is 1. The molecule has 1 amide bonds. The van der Waals surface area contributed by atoms with Crippen LogP contribution < -0.4 is 9.64 Å². The summed E-state index contributed by atoms with van der Waals surface area (Å²) in [5, 5.41) is 1.19. The first-order valence-electron chi connectivity index (χ1n) is 11.4. The van der Waals surface area contributed by atoms with Crippen molar-refractivity contribution in [2.45, 2.75) is 40.0 Å². The molecule has 1 aliphatic heterocycles. The Balaban J connectivity index is 1.38. The Morgan fingerprint density at radius 3 is 2.44 bits per heavy atom. The molecule has 0 spiro atoms. The van der Waals surface area contributed by atoms with Gasteiger partial charge in [0, 0.05) is 31.6 Å². The second-order valence-corrected chi connectivity index (χ2v) is 9.72. The maximum atomic E-state index is 12.8. The predicted octanol–water partition coefficient (Wildman–Crippen LogP) is 4.88. The van der Waals surface area contributed by atoms with Gasteiger partial charge in [-0.2, -0.15) is 0 Å². The van der Waals surface area contributed by atoms with E-state index in [-0.39, 0.29) is 17.9 Å². The molecule has 0 aliphatic carbocycles.